The summed E-state index contributed by atoms with van der Waals surface area (Å²) in [5.41, 5.74) is 0. The lowest BCUT2D eigenvalue weighted by Gasteiger charge is -2.07. The summed E-state index contributed by atoms with van der Waals surface area (Å²) in [6.07, 6.45) is 7.00. The van der Waals surface area contributed by atoms with Crippen LogP contribution in [0.3, 0.4) is 0 Å². The predicted octanol–water partition coefficient (Wildman–Crippen LogP) is 2.63. The first kappa shape index (κ1) is 11.9. The van der Waals surface area contributed by atoms with Crippen LogP contribution in [0.15, 0.2) is 0 Å². The molecular formula is C10H21O2. The lowest BCUT2D eigenvalue weighted by atomic mass is 10.1. The molecule has 0 spiro atoms. The first-order chi connectivity index (χ1) is 5.81. The molecule has 0 aliphatic carbocycles. The van der Waals surface area contributed by atoms with Gasteiger partial charge in [0.25, 0.3) is 0 Å². The van der Waals surface area contributed by atoms with Crippen molar-refractivity contribution in [1.82, 2.24) is 0 Å². The molecule has 12 heavy (non-hydrogen) atoms. The second-order valence-electron chi connectivity index (χ2n) is 3.27. The van der Waals surface area contributed by atoms with Crippen molar-refractivity contribution in [3.8, 4) is 0 Å². The van der Waals surface area contributed by atoms with E-state index in [1.807, 2.05) is 0 Å². The van der Waals surface area contributed by atoms with Gasteiger partial charge in [-0.05, 0) is 6.42 Å². The fourth-order valence-corrected chi connectivity index (χ4v) is 1.22. The van der Waals surface area contributed by atoms with Crippen LogP contribution in [-0.2, 0) is 0 Å². The van der Waals surface area contributed by atoms with Crippen molar-refractivity contribution in [2.75, 3.05) is 0 Å². The Morgan fingerprint density at radius 2 is 1.83 bits per heavy atom. The Kier molecular flexibility index (Phi) is 8.95. The maximum absolute atomic E-state index is 9.21. The van der Waals surface area contributed by atoms with Crippen LogP contribution in [-0.4, -0.2) is 16.3 Å². The molecule has 1 atom stereocenters. The Hall–Kier alpha value is -0.0800. The molecule has 1 unspecified atom stereocenters. The third kappa shape index (κ3) is 8.02. The number of hydrogen-bond acceptors (Lipinski definition) is 2. The van der Waals surface area contributed by atoms with E-state index in [1.54, 1.807) is 0 Å². The summed E-state index contributed by atoms with van der Waals surface area (Å²) in [7, 11) is 0. The average Bonchev–Trinajstić information content (AvgIpc) is 2.05. The van der Waals surface area contributed by atoms with Gasteiger partial charge in [-0.15, -0.1) is 0 Å². The van der Waals surface area contributed by atoms with Crippen molar-refractivity contribution < 1.29 is 10.2 Å². The monoisotopic (exact) mass is 173 g/mol. The number of hydrogen-bond donors (Lipinski definition) is 2. The van der Waals surface area contributed by atoms with E-state index >= 15 is 0 Å². The molecule has 2 nitrogen and oxygen atoms in total. The molecule has 0 saturated heterocycles. The van der Waals surface area contributed by atoms with Gasteiger partial charge >= 0.3 is 0 Å². The molecule has 0 amide bonds. The van der Waals surface area contributed by atoms with Crippen molar-refractivity contribution in [3.05, 3.63) is 6.61 Å². The van der Waals surface area contributed by atoms with Crippen LogP contribution < -0.4 is 0 Å². The zero-order valence-corrected chi connectivity index (χ0v) is 8.00. The zero-order valence-electron chi connectivity index (χ0n) is 8.00. The molecule has 0 aromatic rings. The van der Waals surface area contributed by atoms with Gasteiger partial charge in [0.05, 0.1) is 12.7 Å². The minimum absolute atomic E-state index is 0.336. The van der Waals surface area contributed by atoms with Gasteiger partial charge < -0.3 is 10.2 Å². The normalized spacial score (nSPS) is 13.2. The van der Waals surface area contributed by atoms with E-state index in [1.165, 1.54) is 25.7 Å². The van der Waals surface area contributed by atoms with E-state index < -0.39 is 0 Å². The maximum Gasteiger partial charge on any atom is 0.0824 e. The number of unbranched alkanes of at least 4 members (excludes halogenated alkanes) is 4. The van der Waals surface area contributed by atoms with Crippen LogP contribution in [0.4, 0.5) is 0 Å². The Morgan fingerprint density at radius 3 is 2.42 bits per heavy atom. The topological polar surface area (TPSA) is 40.5 Å². The number of aliphatic hydroxyl groups is 2. The summed E-state index contributed by atoms with van der Waals surface area (Å²) in [5, 5.41) is 17.6. The van der Waals surface area contributed by atoms with Crippen molar-refractivity contribution in [2.45, 2.75) is 58.0 Å². The summed E-state index contributed by atoms with van der Waals surface area (Å²) < 4.78 is 0. The molecule has 1 radical (unpaired) electrons. The van der Waals surface area contributed by atoms with Crippen LogP contribution >= 0.6 is 0 Å². The van der Waals surface area contributed by atoms with Crippen LogP contribution in [0.1, 0.15) is 51.9 Å². The fraction of sp³-hybridized carbons (Fsp3) is 0.900. The smallest absolute Gasteiger partial charge is 0.0824 e. The quantitative estimate of drug-likeness (QED) is 0.554. The first-order valence-electron chi connectivity index (χ1n) is 4.95. The van der Waals surface area contributed by atoms with Gasteiger partial charge in [0.2, 0.25) is 0 Å². The third-order valence-corrected chi connectivity index (χ3v) is 2.02. The van der Waals surface area contributed by atoms with Gasteiger partial charge in [-0.2, -0.15) is 0 Å². The van der Waals surface area contributed by atoms with Gasteiger partial charge in [0.1, 0.15) is 0 Å². The standard InChI is InChI=1S/C10H21O2/c1-2-3-4-5-6-7-10(12)8-9-11/h9-12H,2-8H2,1H3. The van der Waals surface area contributed by atoms with E-state index in [0.29, 0.717) is 6.42 Å². The highest BCUT2D eigenvalue weighted by Crippen LogP contribution is 2.09. The number of rotatable bonds is 8. The Labute approximate surface area is 75.6 Å². The van der Waals surface area contributed by atoms with Crippen LogP contribution in [0.5, 0.6) is 0 Å². The Morgan fingerprint density at radius 1 is 1.17 bits per heavy atom. The van der Waals surface area contributed by atoms with Crippen LogP contribution in [0.2, 0.25) is 0 Å². The van der Waals surface area contributed by atoms with Crippen molar-refractivity contribution in [1.29, 1.82) is 0 Å². The van der Waals surface area contributed by atoms with Gasteiger partial charge in [-0.3, -0.25) is 0 Å². The van der Waals surface area contributed by atoms with Crippen molar-refractivity contribution >= 4 is 0 Å². The fourth-order valence-electron chi connectivity index (χ4n) is 1.22. The largest absolute Gasteiger partial charge is 0.393 e. The minimum atomic E-state index is -0.336. The zero-order chi connectivity index (χ0) is 9.23. The maximum atomic E-state index is 9.21. The molecule has 2 N–H and O–H groups in total. The molecule has 0 aromatic carbocycles. The van der Waals surface area contributed by atoms with E-state index in [-0.39, 0.29) is 6.10 Å². The average molecular weight is 173 g/mol. The molecule has 0 fully saturated rings. The molecule has 2 heteroatoms. The lowest BCUT2D eigenvalue weighted by Crippen LogP contribution is -2.05. The van der Waals surface area contributed by atoms with Crippen molar-refractivity contribution in [2.24, 2.45) is 0 Å². The molecule has 0 aliphatic rings. The molecule has 0 saturated carbocycles. The molecule has 0 aliphatic heterocycles. The molecule has 0 bridgehead atoms. The van der Waals surface area contributed by atoms with Crippen LogP contribution in [0, 0.1) is 6.61 Å². The lowest BCUT2D eigenvalue weighted by molar-refractivity contribution is 0.142. The SMILES string of the molecule is CCCCCCCC(O)C[CH]O. The van der Waals surface area contributed by atoms with E-state index in [2.05, 4.69) is 6.92 Å². The number of aliphatic hydroxyl groups excluding tert-OH is 2. The van der Waals surface area contributed by atoms with E-state index in [4.69, 9.17) is 5.11 Å². The summed E-state index contributed by atoms with van der Waals surface area (Å²) in [5.74, 6) is 0. The van der Waals surface area contributed by atoms with Crippen molar-refractivity contribution in [3.63, 3.8) is 0 Å². The summed E-state index contributed by atoms with van der Waals surface area (Å²) in [4.78, 5) is 0. The third-order valence-electron chi connectivity index (χ3n) is 2.02. The summed E-state index contributed by atoms with van der Waals surface area (Å²) in [6.45, 7) is 3.23. The summed E-state index contributed by atoms with van der Waals surface area (Å²) >= 11 is 0. The minimum Gasteiger partial charge on any atom is -0.393 e. The van der Waals surface area contributed by atoms with E-state index in [9.17, 15) is 5.11 Å². The molecular weight excluding hydrogens is 152 g/mol. The van der Waals surface area contributed by atoms with Gasteiger partial charge in [0, 0.05) is 6.42 Å². The second-order valence-corrected chi connectivity index (χ2v) is 3.27. The highest BCUT2D eigenvalue weighted by molar-refractivity contribution is 4.60. The van der Waals surface area contributed by atoms with Gasteiger partial charge in [0.15, 0.2) is 0 Å². The predicted molar refractivity (Wildman–Crippen MR) is 50.2 cm³/mol. The van der Waals surface area contributed by atoms with E-state index in [0.717, 1.165) is 19.4 Å². The van der Waals surface area contributed by atoms with Crippen LogP contribution in [0.25, 0.3) is 0 Å². The molecule has 0 aromatic heterocycles. The molecule has 0 rings (SSSR count). The Bertz CT molecular complexity index is 83.9. The summed E-state index contributed by atoms with van der Waals surface area (Å²) in [6, 6.07) is 0. The molecule has 73 valence electrons. The van der Waals surface area contributed by atoms with Gasteiger partial charge in [-0.25, -0.2) is 0 Å². The highest BCUT2D eigenvalue weighted by Gasteiger charge is 2.01. The van der Waals surface area contributed by atoms with Gasteiger partial charge in [-0.1, -0.05) is 39.0 Å². The molecule has 0 heterocycles. The Balaban J connectivity index is 2.97. The highest BCUT2D eigenvalue weighted by atomic mass is 16.3. The first-order valence-corrected chi connectivity index (χ1v) is 4.95. The second kappa shape index (κ2) is 9.01.